The van der Waals surface area contributed by atoms with Crippen molar-refractivity contribution in [2.24, 2.45) is 0 Å². The Kier molecular flexibility index (Phi) is 3.70. The largest absolute Gasteiger partial charge is 0.353 e. The minimum absolute atomic E-state index is 0.128. The zero-order valence-corrected chi connectivity index (χ0v) is 13.3. The number of nitrogens with one attached hydrogen (secondary N) is 1. The highest BCUT2D eigenvalue weighted by Gasteiger charge is 2.31. The maximum atomic E-state index is 12.1. The van der Waals surface area contributed by atoms with Crippen LogP contribution in [0.1, 0.15) is 48.8 Å². The molecule has 22 heavy (non-hydrogen) atoms. The molecule has 0 aromatic carbocycles. The van der Waals surface area contributed by atoms with Crippen molar-refractivity contribution in [2.75, 3.05) is 0 Å². The Balaban J connectivity index is 1.36. The predicted octanol–water partition coefficient (Wildman–Crippen LogP) is 2.28. The average molecular weight is 316 g/mol. The lowest BCUT2D eigenvalue weighted by atomic mass is 10.1. The molecule has 116 valence electrons. The molecule has 0 saturated heterocycles. The minimum atomic E-state index is 0.128. The number of amides is 1. The van der Waals surface area contributed by atoms with Crippen molar-refractivity contribution < 1.29 is 4.79 Å². The van der Waals surface area contributed by atoms with E-state index in [9.17, 15) is 4.79 Å². The lowest BCUT2D eigenvalue weighted by Crippen LogP contribution is -2.36. The third-order valence-electron chi connectivity index (χ3n) is 4.53. The molecule has 1 amide bonds. The fourth-order valence-corrected chi connectivity index (χ4v) is 3.82. The monoisotopic (exact) mass is 316 g/mol. The molecule has 0 spiro atoms. The Bertz CT molecular complexity index is 660. The Labute approximate surface area is 133 Å². The van der Waals surface area contributed by atoms with E-state index < -0.39 is 0 Å². The standard InChI is InChI=1S/C16H20N4OS/c21-15(9-11-6-8-22-10-11)17-13-3-4-14-18-19-16(12-1-2-12)20(14)7-5-13/h6,8,10,12-13H,1-5,7,9H2,(H,17,21). The van der Waals surface area contributed by atoms with Gasteiger partial charge in [-0.1, -0.05) is 0 Å². The molecule has 1 atom stereocenters. The van der Waals surface area contributed by atoms with E-state index in [1.54, 1.807) is 11.3 Å². The molecule has 2 aromatic rings. The summed E-state index contributed by atoms with van der Waals surface area (Å²) in [7, 11) is 0. The topological polar surface area (TPSA) is 59.8 Å². The van der Waals surface area contributed by atoms with Crippen LogP contribution in [0.2, 0.25) is 0 Å². The molecule has 0 radical (unpaired) electrons. The summed E-state index contributed by atoms with van der Waals surface area (Å²) in [5.41, 5.74) is 1.10. The van der Waals surface area contributed by atoms with Crippen molar-refractivity contribution >= 4 is 17.2 Å². The van der Waals surface area contributed by atoms with Gasteiger partial charge in [0.25, 0.3) is 0 Å². The van der Waals surface area contributed by atoms with E-state index in [4.69, 9.17) is 0 Å². The van der Waals surface area contributed by atoms with E-state index in [2.05, 4.69) is 20.1 Å². The number of thiophene rings is 1. The first-order valence-electron chi connectivity index (χ1n) is 8.02. The summed E-state index contributed by atoms with van der Waals surface area (Å²) in [4.78, 5) is 12.1. The highest BCUT2D eigenvalue weighted by Crippen LogP contribution is 2.39. The molecule has 1 fully saturated rings. The molecule has 1 aliphatic heterocycles. The van der Waals surface area contributed by atoms with Crippen LogP contribution in [0.5, 0.6) is 0 Å². The molecule has 5 nitrogen and oxygen atoms in total. The van der Waals surface area contributed by atoms with Crippen molar-refractivity contribution in [1.29, 1.82) is 0 Å². The lowest BCUT2D eigenvalue weighted by Gasteiger charge is -2.16. The van der Waals surface area contributed by atoms with Crippen LogP contribution in [-0.4, -0.2) is 26.7 Å². The van der Waals surface area contributed by atoms with Crippen LogP contribution in [0, 0.1) is 0 Å². The number of carbonyl (C=O) groups is 1. The summed E-state index contributed by atoms with van der Waals surface area (Å²) in [6.45, 7) is 0.928. The average Bonchev–Trinajstić information content (AvgIpc) is 3.14. The number of aryl methyl sites for hydroxylation is 1. The normalized spacial score (nSPS) is 21.2. The van der Waals surface area contributed by atoms with Crippen LogP contribution >= 0.6 is 11.3 Å². The zero-order valence-electron chi connectivity index (χ0n) is 12.5. The fourth-order valence-electron chi connectivity index (χ4n) is 3.16. The summed E-state index contributed by atoms with van der Waals surface area (Å²) < 4.78 is 2.29. The van der Waals surface area contributed by atoms with E-state index in [0.717, 1.165) is 37.2 Å². The van der Waals surface area contributed by atoms with Crippen molar-refractivity contribution in [3.05, 3.63) is 34.0 Å². The van der Waals surface area contributed by atoms with Gasteiger partial charge in [-0.2, -0.15) is 11.3 Å². The molecule has 0 bridgehead atoms. The van der Waals surface area contributed by atoms with E-state index in [0.29, 0.717) is 12.3 Å². The van der Waals surface area contributed by atoms with Crippen LogP contribution in [-0.2, 0) is 24.2 Å². The minimum Gasteiger partial charge on any atom is -0.353 e. The second kappa shape index (κ2) is 5.83. The fraction of sp³-hybridized carbons (Fsp3) is 0.562. The Hall–Kier alpha value is -1.69. The Morgan fingerprint density at radius 3 is 3.00 bits per heavy atom. The molecule has 1 saturated carbocycles. The highest BCUT2D eigenvalue weighted by molar-refractivity contribution is 7.07. The number of carbonyl (C=O) groups excluding carboxylic acids is 1. The second-order valence-corrected chi connectivity index (χ2v) is 7.08. The molecule has 1 aliphatic carbocycles. The van der Waals surface area contributed by atoms with Gasteiger partial charge in [-0.15, -0.1) is 10.2 Å². The molecule has 4 rings (SSSR count). The van der Waals surface area contributed by atoms with Crippen molar-refractivity contribution in [3.8, 4) is 0 Å². The second-order valence-electron chi connectivity index (χ2n) is 6.30. The number of nitrogens with zero attached hydrogens (tertiary/aromatic N) is 3. The van der Waals surface area contributed by atoms with Crippen LogP contribution in [0.3, 0.4) is 0 Å². The summed E-state index contributed by atoms with van der Waals surface area (Å²) in [5, 5.41) is 16.0. The lowest BCUT2D eigenvalue weighted by molar-refractivity contribution is -0.121. The number of aromatic nitrogens is 3. The first-order chi connectivity index (χ1) is 10.8. The van der Waals surface area contributed by atoms with Gasteiger partial charge in [0.15, 0.2) is 0 Å². The highest BCUT2D eigenvalue weighted by atomic mass is 32.1. The molecule has 1 unspecified atom stereocenters. The van der Waals surface area contributed by atoms with E-state index in [-0.39, 0.29) is 11.9 Å². The quantitative estimate of drug-likeness (QED) is 0.941. The number of fused-ring (bicyclic) bond motifs is 1. The summed E-state index contributed by atoms with van der Waals surface area (Å²) >= 11 is 1.64. The van der Waals surface area contributed by atoms with Crippen LogP contribution < -0.4 is 5.32 Å². The van der Waals surface area contributed by atoms with Gasteiger partial charge in [-0.05, 0) is 48.1 Å². The van der Waals surface area contributed by atoms with Crippen molar-refractivity contribution in [1.82, 2.24) is 20.1 Å². The molecular formula is C16H20N4OS. The van der Waals surface area contributed by atoms with Crippen LogP contribution in [0.25, 0.3) is 0 Å². The smallest absolute Gasteiger partial charge is 0.224 e. The predicted molar refractivity (Wildman–Crippen MR) is 84.9 cm³/mol. The number of hydrogen-bond donors (Lipinski definition) is 1. The van der Waals surface area contributed by atoms with E-state index in [1.807, 2.05) is 16.8 Å². The molecule has 1 N–H and O–H groups in total. The molecular weight excluding hydrogens is 296 g/mol. The maximum absolute atomic E-state index is 12.1. The SMILES string of the molecule is O=C(Cc1ccsc1)NC1CCc2nnc(C3CC3)n2CC1. The van der Waals surface area contributed by atoms with Gasteiger partial charge >= 0.3 is 0 Å². The third kappa shape index (κ3) is 2.92. The Morgan fingerprint density at radius 1 is 1.32 bits per heavy atom. The van der Waals surface area contributed by atoms with Gasteiger partial charge in [0.1, 0.15) is 11.6 Å². The molecule has 6 heteroatoms. The van der Waals surface area contributed by atoms with Gasteiger partial charge in [-0.3, -0.25) is 4.79 Å². The number of rotatable bonds is 4. The first kappa shape index (κ1) is 13.9. The third-order valence-corrected chi connectivity index (χ3v) is 5.26. The summed E-state index contributed by atoms with van der Waals surface area (Å²) in [5.74, 6) is 3.02. The van der Waals surface area contributed by atoms with Crippen LogP contribution in [0.15, 0.2) is 16.8 Å². The zero-order chi connectivity index (χ0) is 14.9. The first-order valence-corrected chi connectivity index (χ1v) is 8.96. The molecule has 2 aliphatic rings. The van der Waals surface area contributed by atoms with Crippen molar-refractivity contribution in [2.45, 2.75) is 57.0 Å². The van der Waals surface area contributed by atoms with Crippen LogP contribution in [0.4, 0.5) is 0 Å². The summed E-state index contributed by atoms with van der Waals surface area (Å²) in [6, 6.07) is 2.26. The van der Waals surface area contributed by atoms with Gasteiger partial charge in [0.2, 0.25) is 5.91 Å². The Morgan fingerprint density at radius 2 is 2.23 bits per heavy atom. The maximum Gasteiger partial charge on any atom is 0.224 e. The van der Waals surface area contributed by atoms with E-state index in [1.165, 1.54) is 18.7 Å². The molecule has 2 aromatic heterocycles. The summed E-state index contributed by atoms with van der Waals surface area (Å²) in [6.07, 6.45) is 5.82. The van der Waals surface area contributed by atoms with Gasteiger partial charge in [-0.25, -0.2) is 0 Å². The van der Waals surface area contributed by atoms with Gasteiger partial charge < -0.3 is 9.88 Å². The van der Waals surface area contributed by atoms with Crippen molar-refractivity contribution in [3.63, 3.8) is 0 Å². The molecule has 3 heterocycles. The number of hydrogen-bond acceptors (Lipinski definition) is 4. The van der Waals surface area contributed by atoms with Gasteiger partial charge in [0, 0.05) is 24.9 Å². The van der Waals surface area contributed by atoms with Gasteiger partial charge in [0.05, 0.1) is 6.42 Å². The van der Waals surface area contributed by atoms with E-state index >= 15 is 0 Å².